The van der Waals surface area contributed by atoms with Crippen molar-refractivity contribution >= 4 is 46.5 Å². The third kappa shape index (κ3) is 5.88. The molecule has 0 unspecified atom stereocenters. The summed E-state index contributed by atoms with van der Waals surface area (Å²) in [7, 11) is 0. The van der Waals surface area contributed by atoms with E-state index in [0.717, 1.165) is 55.7 Å². The third-order valence-corrected chi connectivity index (χ3v) is 8.77. The maximum atomic E-state index is 6.37. The molecule has 6 nitrogen and oxygen atoms in total. The van der Waals surface area contributed by atoms with Crippen LogP contribution in [-0.4, -0.2) is 47.3 Å². The molecule has 2 saturated heterocycles. The van der Waals surface area contributed by atoms with E-state index >= 15 is 0 Å². The molecule has 1 aromatic heterocycles. The van der Waals surface area contributed by atoms with E-state index in [9.17, 15) is 0 Å². The Balaban J connectivity index is 1.33. The minimum absolute atomic E-state index is 0.0432. The standard InChI is InChI=1S/C28H39ClN6S/c1-21-10-3-6-17-35(21)25-19-24(34-15-7-8-16-34)31-26(32-25)33-27(36)30-20-28(13-4-2-5-14-28)22-11-9-12-23(29)18-22/h9,11-12,18-19,21H,2-8,10,13-17,20H2,1H3,(H2,30,31,32,33,36)/t21-/m0/s1. The van der Waals surface area contributed by atoms with Crippen LogP contribution in [0.25, 0.3) is 0 Å². The van der Waals surface area contributed by atoms with Crippen LogP contribution in [0.4, 0.5) is 17.6 Å². The summed E-state index contributed by atoms with van der Waals surface area (Å²) >= 11 is 12.1. The summed E-state index contributed by atoms with van der Waals surface area (Å²) in [4.78, 5) is 14.6. The lowest BCUT2D eigenvalue weighted by Gasteiger charge is -2.38. The molecule has 194 valence electrons. The van der Waals surface area contributed by atoms with Crippen LogP contribution < -0.4 is 20.4 Å². The molecule has 2 aromatic rings. The molecule has 36 heavy (non-hydrogen) atoms. The van der Waals surface area contributed by atoms with E-state index in [0.29, 0.717) is 17.1 Å². The third-order valence-electron chi connectivity index (χ3n) is 8.29. The zero-order valence-corrected chi connectivity index (χ0v) is 23.0. The van der Waals surface area contributed by atoms with Gasteiger partial charge in [0.05, 0.1) is 0 Å². The molecule has 8 heteroatoms. The summed E-state index contributed by atoms with van der Waals surface area (Å²) in [6, 6.07) is 11.0. The molecule has 0 spiro atoms. The summed E-state index contributed by atoms with van der Waals surface area (Å²) in [5.41, 5.74) is 1.35. The van der Waals surface area contributed by atoms with Crippen molar-refractivity contribution in [1.29, 1.82) is 0 Å². The Hall–Kier alpha value is -2.12. The highest BCUT2D eigenvalue weighted by Crippen LogP contribution is 2.40. The molecule has 3 fully saturated rings. The summed E-state index contributed by atoms with van der Waals surface area (Å²) in [5, 5.41) is 8.24. The fraction of sp³-hybridized carbons (Fsp3) is 0.607. The van der Waals surface area contributed by atoms with Crippen LogP contribution in [0.15, 0.2) is 30.3 Å². The minimum Gasteiger partial charge on any atom is -0.361 e. The van der Waals surface area contributed by atoms with Crippen molar-refractivity contribution in [3.8, 4) is 0 Å². The first kappa shape index (κ1) is 25.5. The van der Waals surface area contributed by atoms with Gasteiger partial charge in [-0.25, -0.2) is 0 Å². The first-order valence-corrected chi connectivity index (χ1v) is 14.5. The van der Waals surface area contributed by atoms with Crippen molar-refractivity contribution in [1.82, 2.24) is 15.3 Å². The lowest BCUT2D eigenvalue weighted by Crippen LogP contribution is -2.43. The lowest BCUT2D eigenvalue weighted by molar-refractivity contribution is 0.292. The summed E-state index contributed by atoms with van der Waals surface area (Å²) in [5.74, 6) is 2.60. The number of halogens is 1. The van der Waals surface area contributed by atoms with E-state index in [1.807, 2.05) is 6.07 Å². The Kier molecular flexibility index (Phi) is 8.16. The average molecular weight is 527 g/mol. The molecule has 0 amide bonds. The molecular formula is C28H39ClN6S. The predicted molar refractivity (Wildman–Crippen MR) is 155 cm³/mol. The highest BCUT2D eigenvalue weighted by Gasteiger charge is 2.34. The number of anilines is 3. The lowest BCUT2D eigenvalue weighted by atomic mass is 9.69. The largest absolute Gasteiger partial charge is 0.361 e. The Morgan fingerprint density at radius 2 is 1.75 bits per heavy atom. The van der Waals surface area contributed by atoms with Crippen molar-refractivity contribution in [2.75, 3.05) is 41.3 Å². The van der Waals surface area contributed by atoms with Crippen molar-refractivity contribution in [3.05, 3.63) is 40.9 Å². The average Bonchev–Trinajstić information content (AvgIpc) is 3.44. The molecule has 5 rings (SSSR count). The monoisotopic (exact) mass is 526 g/mol. The zero-order chi connectivity index (χ0) is 25.0. The van der Waals surface area contributed by atoms with Gasteiger partial charge in [-0.15, -0.1) is 0 Å². The van der Waals surface area contributed by atoms with E-state index in [1.54, 1.807) is 0 Å². The molecule has 1 saturated carbocycles. The second kappa shape index (κ2) is 11.5. The van der Waals surface area contributed by atoms with E-state index in [-0.39, 0.29) is 5.41 Å². The summed E-state index contributed by atoms with van der Waals surface area (Å²) < 4.78 is 0. The van der Waals surface area contributed by atoms with Crippen LogP contribution in [0, 0.1) is 0 Å². The van der Waals surface area contributed by atoms with Crippen molar-refractivity contribution in [3.63, 3.8) is 0 Å². The highest BCUT2D eigenvalue weighted by molar-refractivity contribution is 7.80. The second-order valence-corrected chi connectivity index (χ2v) is 11.6. The van der Waals surface area contributed by atoms with Crippen LogP contribution in [0.2, 0.25) is 5.02 Å². The van der Waals surface area contributed by atoms with Crippen LogP contribution in [0.5, 0.6) is 0 Å². The molecule has 1 aliphatic carbocycles. The number of benzene rings is 1. The predicted octanol–water partition coefficient (Wildman–Crippen LogP) is 6.30. The Labute approximate surface area is 226 Å². The van der Waals surface area contributed by atoms with Gasteiger partial charge in [0.25, 0.3) is 0 Å². The molecule has 3 aliphatic rings. The van der Waals surface area contributed by atoms with Gasteiger partial charge in [0.2, 0.25) is 5.95 Å². The SMILES string of the molecule is C[C@H]1CCCCN1c1cc(N2CCCC2)nc(NC(=S)NCC2(c3cccc(Cl)c3)CCCCC2)n1. The molecule has 2 aliphatic heterocycles. The molecule has 3 heterocycles. The number of hydrogen-bond acceptors (Lipinski definition) is 5. The van der Waals surface area contributed by atoms with Crippen LogP contribution in [-0.2, 0) is 5.41 Å². The fourth-order valence-corrected chi connectivity index (χ4v) is 6.54. The second-order valence-electron chi connectivity index (χ2n) is 10.8. The molecule has 0 radical (unpaired) electrons. The number of hydrogen-bond donors (Lipinski definition) is 2. The maximum absolute atomic E-state index is 6.37. The summed E-state index contributed by atoms with van der Waals surface area (Å²) in [6.07, 6.45) is 12.2. The molecule has 0 bridgehead atoms. The highest BCUT2D eigenvalue weighted by atomic mass is 35.5. The number of nitrogens with one attached hydrogen (secondary N) is 2. The number of rotatable bonds is 6. The zero-order valence-electron chi connectivity index (χ0n) is 21.4. The van der Waals surface area contributed by atoms with Crippen LogP contribution in [0.3, 0.4) is 0 Å². The van der Waals surface area contributed by atoms with Crippen LogP contribution in [0.1, 0.15) is 76.7 Å². The van der Waals surface area contributed by atoms with E-state index < -0.39 is 0 Å². The van der Waals surface area contributed by atoms with Gasteiger partial charge in [-0.3, -0.25) is 0 Å². The Morgan fingerprint density at radius 3 is 2.50 bits per heavy atom. The quantitative estimate of drug-likeness (QED) is 0.428. The van der Waals surface area contributed by atoms with E-state index in [4.69, 9.17) is 33.8 Å². The molecule has 2 N–H and O–H groups in total. The van der Waals surface area contributed by atoms with E-state index in [1.165, 1.54) is 56.9 Å². The maximum Gasteiger partial charge on any atom is 0.232 e. The Morgan fingerprint density at radius 1 is 1.00 bits per heavy atom. The molecule has 1 atom stereocenters. The van der Waals surface area contributed by atoms with E-state index in [2.05, 4.69) is 51.6 Å². The fourth-order valence-electron chi connectivity index (χ4n) is 6.18. The van der Waals surface area contributed by atoms with Gasteiger partial charge < -0.3 is 20.4 Å². The van der Waals surface area contributed by atoms with Gasteiger partial charge in [-0.2, -0.15) is 9.97 Å². The van der Waals surface area contributed by atoms with Gasteiger partial charge >= 0.3 is 0 Å². The molecular weight excluding hydrogens is 488 g/mol. The van der Waals surface area contributed by atoms with Gasteiger partial charge in [0, 0.05) is 48.7 Å². The minimum atomic E-state index is 0.0432. The smallest absolute Gasteiger partial charge is 0.232 e. The van der Waals surface area contributed by atoms with Gasteiger partial charge in [0.1, 0.15) is 11.6 Å². The topological polar surface area (TPSA) is 56.3 Å². The number of piperidine rings is 1. The molecule has 1 aromatic carbocycles. The summed E-state index contributed by atoms with van der Waals surface area (Å²) in [6.45, 7) is 6.23. The number of nitrogens with zero attached hydrogens (tertiary/aromatic N) is 4. The van der Waals surface area contributed by atoms with Gasteiger partial charge in [-0.05, 0) is 81.8 Å². The first-order valence-electron chi connectivity index (χ1n) is 13.7. The Bertz CT molecular complexity index is 1050. The van der Waals surface area contributed by atoms with Crippen molar-refractivity contribution in [2.24, 2.45) is 0 Å². The normalized spacial score (nSPS) is 21.9. The van der Waals surface area contributed by atoms with Crippen molar-refractivity contribution in [2.45, 2.75) is 82.6 Å². The number of aromatic nitrogens is 2. The van der Waals surface area contributed by atoms with Gasteiger partial charge in [-0.1, -0.05) is 43.0 Å². The van der Waals surface area contributed by atoms with Crippen molar-refractivity contribution < 1.29 is 0 Å². The van der Waals surface area contributed by atoms with Gasteiger partial charge in [0.15, 0.2) is 5.11 Å². The van der Waals surface area contributed by atoms with Crippen LogP contribution >= 0.6 is 23.8 Å². The first-order chi connectivity index (χ1) is 17.5. The number of thiocarbonyl (C=S) groups is 1.